The summed E-state index contributed by atoms with van der Waals surface area (Å²) in [6.07, 6.45) is 3.08. The lowest BCUT2D eigenvalue weighted by atomic mass is 10.1. The molecule has 1 saturated heterocycles. The van der Waals surface area contributed by atoms with Crippen molar-refractivity contribution in [3.8, 4) is 0 Å². The molecule has 0 radical (unpaired) electrons. The molecule has 0 bridgehead atoms. The Balaban J connectivity index is 1.40. The molecule has 1 saturated carbocycles. The molecule has 1 N–H and O–H groups in total. The molecule has 0 aromatic carbocycles. The van der Waals surface area contributed by atoms with Crippen LogP contribution in [-0.2, 0) is 22.7 Å². The summed E-state index contributed by atoms with van der Waals surface area (Å²) in [6, 6.07) is 4.46. The number of furan rings is 1. The fraction of sp³-hybridized carbons (Fsp3) is 0.667. The van der Waals surface area contributed by atoms with Crippen molar-refractivity contribution in [2.75, 3.05) is 20.2 Å². The second kappa shape index (κ2) is 5.97. The summed E-state index contributed by atoms with van der Waals surface area (Å²) in [5, 5.41) is 3.39. The molecule has 1 aliphatic carbocycles. The summed E-state index contributed by atoms with van der Waals surface area (Å²) in [5.74, 6) is 2.54. The zero-order chi connectivity index (χ0) is 13.9. The van der Waals surface area contributed by atoms with E-state index in [2.05, 4.69) is 10.2 Å². The van der Waals surface area contributed by atoms with Crippen LogP contribution in [-0.4, -0.2) is 37.0 Å². The standard InChI is InChI=1S/C15H22N2O3/c1-19-10-14-5-4-13(20-14)8-16-7-11-6-15(18)17(9-11)12-2-3-12/h4-5,11-12,16H,2-3,6-10H2,1H3. The number of hydrogen-bond acceptors (Lipinski definition) is 4. The maximum absolute atomic E-state index is 11.8. The number of rotatable bonds is 7. The minimum Gasteiger partial charge on any atom is -0.462 e. The van der Waals surface area contributed by atoms with Gasteiger partial charge in [0.25, 0.3) is 0 Å². The predicted molar refractivity (Wildman–Crippen MR) is 74.0 cm³/mol. The molecular weight excluding hydrogens is 256 g/mol. The summed E-state index contributed by atoms with van der Waals surface area (Å²) >= 11 is 0. The van der Waals surface area contributed by atoms with Gasteiger partial charge in [0.2, 0.25) is 5.91 Å². The Hall–Kier alpha value is -1.33. The van der Waals surface area contributed by atoms with Crippen LogP contribution in [0.25, 0.3) is 0 Å². The molecule has 1 unspecified atom stereocenters. The SMILES string of the molecule is COCc1ccc(CNCC2CC(=O)N(C3CC3)C2)o1. The zero-order valence-electron chi connectivity index (χ0n) is 11.9. The maximum atomic E-state index is 11.8. The number of methoxy groups -OCH3 is 1. The number of likely N-dealkylation sites (tertiary alicyclic amines) is 1. The van der Waals surface area contributed by atoms with E-state index in [4.69, 9.17) is 9.15 Å². The quantitative estimate of drug-likeness (QED) is 0.822. The van der Waals surface area contributed by atoms with Crippen molar-refractivity contribution < 1.29 is 13.9 Å². The van der Waals surface area contributed by atoms with Gasteiger partial charge in [-0.1, -0.05) is 0 Å². The molecular formula is C15H22N2O3. The Labute approximate surface area is 119 Å². The van der Waals surface area contributed by atoms with Crippen LogP contribution in [0.4, 0.5) is 0 Å². The van der Waals surface area contributed by atoms with E-state index >= 15 is 0 Å². The van der Waals surface area contributed by atoms with Gasteiger partial charge >= 0.3 is 0 Å². The monoisotopic (exact) mass is 278 g/mol. The van der Waals surface area contributed by atoms with Crippen molar-refractivity contribution in [1.29, 1.82) is 0 Å². The van der Waals surface area contributed by atoms with Crippen LogP contribution in [0.15, 0.2) is 16.5 Å². The third-order valence-corrected chi connectivity index (χ3v) is 3.96. The molecule has 1 aromatic rings. The minimum absolute atomic E-state index is 0.333. The lowest BCUT2D eigenvalue weighted by molar-refractivity contribution is -0.128. The van der Waals surface area contributed by atoms with Gasteiger partial charge in [-0.25, -0.2) is 0 Å². The van der Waals surface area contributed by atoms with Crippen molar-refractivity contribution in [2.24, 2.45) is 5.92 Å². The van der Waals surface area contributed by atoms with Crippen LogP contribution in [0.1, 0.15) is 30.8 Å². The van der Waals surface area contributed by atoms with E-state index in [1.165, 1.54) is 12.8 Å². The fourth-order valence-electron chi connectivity index (χ4n) is 2.82. The van der Waals surface area contributed by atoms with E-state index in [1.54, 1.807) is 7.11 Å². The van der Waals surface area contributed by atoms with Crippen LogP contribution < -0.4 is 5.32 Å². The maximum Gasteiger partial charge on any atom is 0.223 e. The molecule has 1 amide bonds. The van der Waals surface area contributed by atoms with E-state index < -0.39 is 0 Å². The highest BCUT2D eigenvalue weighted by atomic mass is 16.5. The Morgan fingerprint density at radius 1 is 1.40 bits per heavy atom. The van der Waals surface area contributed by atoms with Crippen molar-refractivity contribution >= 4 is 5.91 Å². The van der Waals surface area contributed by atoms with E-state index in [9.17, 15) is 4.79 Å². The van der Waals surface area contributed by atoms with Gasteiger partial charge in [0.15, 0.2) is 0 Å². The zero-order valence-corrected chi connectivity index (χ0v) is 11.9. The number of ether oxygens (including phenoxy) is 1. The average Bonchev–Trinajstić information content (AvgIpc) is 3.07. The van der Waals surface area contributed by atoms with Crippen molar-refractivity contribution in [3.63, 3.8) is 0 Å². The summed E-state index contributed by atoms with van der Waals surface area (Å²) in [4.78, 5) is 13.9. The van der Waals surface area contributed by atoms with E-state index in [1.807, 2.05) is 12.1 Å². The molecule has 1 atom stereocenters. The minimum atomic E-state index is 0.333. The largest absolute Gasteiger partial charge is 0.462 e. The molecule has 2 fully saturated rings. The lowest BCUT2D eigenvalue weighted by Gasteiger charge is -2.15. The van der Waals surface area contributed by atoms with Gasteiger partial charge in [0.05, 0.1) is 6.54 Å². The van der Waals surface area contributed by atoms with Crippen LogP contribution in [0.5, 0.6) is 0 Å². The molecule has 0 spiro atoms. The van der Waals surface area contributed by atoms with Gasteiger partial charge in [-0.2, -0.15) is 0 Å². The number of carbonyl (C=O) groups excluding carboxylic acids is 1. The molecule has 2 aliphatic rings. The molecule has 3 rings (SSSR count). The van der Waals surface area contributed by atoms with Crippen molar-refractivity contribution in [3.05, 3.63) is 23.7 Å². The Morgan fingerprint density at radius 3 is 2.95 bits per heavy atom. The topological polar surface area (TPSA) is 54.7 Å². The van der Waals surface area contributed by atoms with Gasteiger partial charge < -0.3 is 19.4 Å². The van der Waals surface area contributed by atoms with Crippen LogP contribution in [0, 0.1) is 5.92 Å². The molecule has 1 aliphatic heterocycles. The molecule has 20 heavy (non-hydrogen) atoms. The van der Waals surface area contributed by atoms with E-state index in [-0.39, 0.29) is 0 Å². The number of amides is 1. The fourth-order valence-corrected chi connectivity index (χ4v) is 2.82. The van der Waals surface area contributed by atoms with Crippen LogP contribution in [0.2, 0.25) is 0 Å². The van der Waals surface area contributed by atoms with Gasteiger partial charge in [0.1, 0.15) is 18.1 Å². The second-order valence-electron chi connectivity index (χ2n) is 5.78. The van der Waals surface area contributed by atoms with Gasteiger partial charge in [-0.3, -0.25) is 4.79 Å². The predicted octanol–water partition coefficient (Wildman–Crippen LogP) is 1.53. The Kier molecular flexibility index (Phi) is 4.08. The molecule has 2 heterocycles. The third-order valence-electron chi connectivity index (χ3n) is 3.96. The Morgan fingerprint density at radius 2 is 2.20 bits per heavy atom. The summed E-state index contributed by atoms with van der Waals surface area (Å²) < 4.78 is 10.6. The first-order chi connectivity index (χ1) is 9.76. The number of nitrogens with zero attached hydrogens (tertiary/aromatic N) is 1. The number of carbonyl (C=O) groups is 1. The number of hydrogen-bond donors (Lipinski definition) is 1. The first-order valence-electron chi connectivity index (χ1n) is 7.33. The highest BCUT2D eigenvalue weighted by Gasteiger charge is 2.38. The van der Waals surface area contributed by atoms with Gasteiger partial charge in [-0.05, 0) is 30.9 Å². The lowest BCUT2D eigenvalue weighted by Crippen LogP contribution is -2.29. The smallest absolute Gasteiger partial charge is 0.223 e. The van der Waals surface area contributed by atoms with E-state index in [0.717, 1.165) is 24.6 Å². The highest BCUT2D eigenvalue weighted by molar-refractivity contribution is 5.79. The summed E-state index contributed by atoms with van der Waals surface area (Å²) in [5.41, 5.74) is 0. The summed E-state index contributed by atoms with van der Waals surface area (Å²) in [7, 11) is 1.66. The molecule has 1 aromatic heterocycles. The molecule has 5 heteroatoms. The van der Waals surface area contributed by atoms with Crippen molar-refractivity contribution in [1.82, 2.24) is 10.2 Å². The van der Waals surface area contributed by atoms with Gasteiger partial charge in [-0.15, -0.1) is 0 Å². The van der Waals surface area contributed by atoms with Crippen LogP contribution in [0.3, 0.4) is 0 Å². The normalized spacial score (nSPS) is 22.8. The highest BCUT2D eigenvalue weighted by Crippen LogP contribution is 2.32. The van der Waals surface area contributed by atoms with E-state index in [0.29, 0.717) is 37.4 Å². The van der Waals surface area contributed by atoms with Crippen LogP contribution >= 0.6 is 0 Å². The molecule has 5 nitrogen and oxygen atoms in total. The second-order valence-corrected chi connectivity index (χ2v) is 5.78. The first-order valence-corrected chi connectivity index (χ1v) is 7.33. The third kappa shape index (κ3) is 3.22. The number of nitrogens with one attached hydrogen (secondary N) is 1. The summed E-state index contributed by atoms with van der Waals surface area (Å²) in [6.45, 7) is 3.00. The average molecular weight is 278 g/mol. The van der Waals surface area contributed by atoms with Crippen molar-refractivity contribution in [2.45, 2.75) is 38.5 Å². The Bertz CT molecular complexity index is 467. The first kappa shape index (κ1) is 13.6. The molecule has 110 valence electrons. The van der Waals surface area contributed by atoms with Gasteiger partial charge in [0, 0.05) is 32.7 Å².